The first-order valence-electron chi connectivity index (χ1n) is 7.73. The van der Waals surface area contributed by atoms with Crippen molar-refractivity contribution in [1.29, 1.82) is 0 Å². The van der Waals surface area contributed by atoms with Crippen LogP contribution in [0.1, 0.15) is 17.2 Å². The standard InChI is InChI=1S/C18H21ClN2O3/c19-15-3-1-2-14(11-15)17(22)12-20-8-9-21-16-6-4-13(5-7-16)10-18(23)24/h1-7,11,17,20-22H,8-10,12H2,(H,23,24). The Morgan fingerprint density at radius 2 is 1.88 bits per heavy atom. The van der Waals surface area contributed by atoms with Crippen molar-refractivity contribution in [1.82, 2.24) is 5.32 Å². The largest absolute Gasteiger partial charge is 0.481 e. The van der Waals surface area contributed by atoms with Gasteiger partial charge in [-0.05, 0) is 35.4 Å². The third kappa shape index (κ3) is 6.20. The summed E-state index contributed by atoms with van der Waals surface area (Å²) in [6, 6.07) is 14.5. The van der Waals surface area contributed by atoms with Crippen molar-refractivity contribution in [2.24, 2.45) is 0 Å². The van der Waals surface area contributed by atoms with Gasteiger partial charge in [0.05, 0.1) is 12.5 Å². The molecule has 0 amide bonds. The maximum atomic E-state index is 10.6. The molecular formula is C18H21ClN2O3. The predicted octanol–water partition coefficient (Wildman–Crippen LogP) is 2.70. The highest BCUT2D eigenvalue weighted by Gasteiger charge is 2.07. The van der Waals surface area contributed by atoms with Crippen LogP contribution in [0.5, 0.6) is 0 Å². The molecule has 24 heavy (non-hydrogen) atoms. The molecule has 0 aliphatic rings. The second-order valence-corrected chi connectivity index (χ2v) is 5.91. The molecule has 2 aromatic rings. The lowest BCUT2D eigenvalue weighted by Crippen LogP contribution is -2.26. The quantitative estimate of drug-likeness (QED) is 0.524. The fourth-order valence-corrected chi connectivity index (χ4v) is 2.48. The Morgan fingerprint density at radius 3 is 2.54 bits per heavy atom. The maximum Gasteiger partial charge on any atom is 0.307 e. The average molecular weight is 349 g/mol. The Hall–Kier alpha value is -2.08. The summed E-state index contributed by atoms with van der Waals surface area (Å²) >= 11 is 5.91. The Balaban J connectivity index is 1.66. The molecular weight excluding hydrogens is 328 g/mol. The maximum absolute atomic E-state index is 10.6. The summed E-state index contributed by atoms with van der Waals surface area (Å²) in [5.74, 6) is -0.835. The lowest BCUT2D eigenvalue weighted by Gasteiger charge is -2.13. The van der Waals surface area contributed by atoms with Crippen LogP contribution < -0.4 is 10.6 Å². The van der Waals surface area contributed by atoms with Crippen LogP contribution in [0.3, 0.4) is 0 Å². The number of halogens is 1. The van der Waals surface area contributed by atoms with Crippen molar-refractivity contribution in [2.45, 2.75) is 12.5 Å². The molecule has 0 aliphatic carbocycles. The third-order valence-corrected chi connectivity index (χ3v) is 3.75. The number of aliphatic hydroxyl groups is 1. The Bertz CT molecular complexity index is 662. The molecule has 0 aromatic heterocycles. The molecule has 0 radical (unpaired) electrons. The SMILES string of the molecule is O=C(O)Cc1ccc(NCCNCC(O)c2cccc(Cl)c2)cc1. The molecule has 0 saturated heterocycles. The first-order chi connectivity index (χ1) is 11.5. The van der Waals surface area contributed by atoms with Crippen molar-refractivity contribution in [3.8, 4) is 0 Å². The van der Waals surface area contributed by atoms with E-state index in [1.54, 1.807) is 24.3 Å². The van der Waals surface area contributed by atoms with Crippen molar-refractivity contribution < 1.29 is 15.0 Å². The number of hydrogen-bond donors (Lipinski definition) is 4. The zero-order valence-electron chi connectivity index (χ0n) is 13.2. The van der Waals surface area contributed by atoms with Gasteiger partial charge in [-0.2, -0.15) is 0 Å². The molecule has 1 unspecified atom stereocenters. The van der Waals surface area contributed by atoms with Crippen LogP contribution in [0.25, 0.3) is 0 Å². The molecule has 2 rings (SSSR count). The highest BCUT2D eigenvalue weighted by molar-refractivity contribution is 6.30. The average Bonchev–Trinajstić information content (AvgIpc) is 2.55. The molecule has 128 valence electrons. The number of carboxylic acid groups (broad SMARTS) is 1. The zero-order valence-corrected chi connectivity index (χ0v) is 14.0. The highest BCUT2D eigenvalue weighted by atomic mass is 35.5. The summed E-state index contributed by atoms with van der Waals surface area (Å²) in [4.78, 5) is 10.6. The van der Waals surface area contributed by atoms with Gasteiger partial charge in [0.15, 0.2) is 0 Å². The summed E-state index contributed by atoms with van der Waals surface area (Å²) in [6.45, 7) is 1.83. The summed E-state index contributed by atoms with van der Waals surface area (Å²) in [6.07, 6.45) is -0.567. The molecule has 0 saturated carbocycles. The van der Waals surface area contributed by atoms with E-state index in [1.165, 1.54) is 0 Å². The molecule has 0 aliphatic heterocycles. The second-order valence-electron chi connectivity index (χ2n) is 5.47. The van der Waals surface area contributed by atoms with Crippen LogP contribution in [0.2, 0.25) is 5.02 Å². The minimum Gasteiger partial charge on any atom is -0.481 e. The summed E-state index contributed by atoms with van der Waals surface area (Å²) in [5, 5.41) is 25.8. The monoisotopic (exact) mass is 348 g/mol. The first kappa shape index (κ1) is 18.3. The van der Waals surface area contributed by atoms with Gasteiger partial charge in [-0.1, -0.05) is 35.9 Å². The zero-order chi connectivity index (χ0) is 17.4. The molecule has 6 heteroatoms. The number of carboxylic acids is 1. The number of nitrogens with one attached hydrogen (secondary N) is 2. The summed E-state index contributed by atoms with van der Waals surface area (Å²) < 4.78 is 0. The number of aliphatic carboxylic acids is 1. The van der Waals surface area contributed by atoms with Gasteiger partial charge in [-0.25, -0.2) is 0 Å². The minimum atomic E-state index is -0.835. The van der Waals surface area contributed by atoms with Crippen LogP contribution in [0.15, 0.2) is 48.5 Å². The van der Waals surface area contributed by atoms with Crippen LogP contribution in [0.4, 0.5) is 5.69 Å². The molecule has 5 nitrogen and oxygen atoms in total. The Kier molecular flexibility index (Phi) is 7.06. The predicted molar refractivity (Wildman–Crippen MR) is 95.6 cm³/mol. The van der Waals surface area contributed by atoms with E-state index in [9.17, 15) is 9.90 Å². The van der Waals surface area contributed by atoms with Gasteiger partial charge in [0.1, 0.15) is 0 Å². The van der Waals surface area contributed by atoms with E-state index in [4.69, 9.17) is 16.7 Å². The first-order valence-corrected chi connectivity index (χ1v) is 8.11. The van der Waals surface area contributed by atoms with E-state index in [0.717, 1.165) is 16.8 Å². The van der Waals surface area contributed by atoms with E-state index in [0.29, 0.717) is 24.7 Å². The van der Waals surface area contributed by atoms with Crippen molar-refractivity contribution in [3.63, 3.8) is 0 Å². The molecule has 1 atom stereocenters. The summed E-state index contributed by atoms with van der Waals surface area (Å²) in [7, 11) is 0. The molecule has 2 aromatic carbocycles. The van der Waals surface area contributed by atoms with Crippen molar-refractivity contribution in [2.75, 3.05) is 25.0 Å². The third-order valence-electron chi connectivity index (χ3n) is 3.51. The number of anilines is 1. The van der Waals surface area contributed by atoms with Gasteiger partial charge in [-0.15, -0.1) is 0 Å². The fraction of sp³-hybridized carbons (Fsp3) is 0.278. The van der Waals surface area contributed by atoms with Gasteiger partial charge in [0.2, 0.25) is 0 Å². The van der Waals surface area contributed by atoms with E-state index >= 15 is 0 Å². The van der Waals surface area contributed by atoms with Crippen LogP contribution in [0, 0.1) is 0 Å². The molecule has 0 bridgehead atoms. The topological polar surface area (TPSA) is 81.6 Å². The lowest BCUT2D eigenvalue weighted by molar-refractivity contribution is -0.136. The molecule has 4 N–H and O–H groups in total. The van der Waals surface area contributed by atoms with Crippen molar-refractivity contribution in [3.05, 3.63) is 64.7 Å². The minimum absolute atomic E-state index is 0.0310. The number of carbonyl (C=O) groups is 1. The van der Waals surface area contributed by atoms with Gasteiger partial charge in [0.25, 0.3) is 0 Å². The van der Waals surface area contributed by atoms with Gasteiger partial charge < -0.3 is 20.8 Å². The van der Waals surface area contributed by atoms with Crippen LogP contribution in [-0.2, 0) is 11.2 Å². The number of benzene rings is 2. The molecule has 0 fully saturated rings. The van der Waals surface area contributed by atoms with E-state index in [-0.39, 0.29) is 6.42 Å². The van der Waals surface area contributed by atoms with Gasteiger partial charge in [0, 0.05) is 30.3 Å². The smallest absolute Gasteiger partial charge is 0.307 e. The van der Waals surface area contributed by atoms with E-state index in [2.05, 4.69) is 10.6 Å². The molecule has 0 heterocycles. The van der Waals surface area contributed by atoms with Crippen LogP contribution >= 0.6 is 11.6 Å². The Morgan fingerprint density at radius 1 is 1.12 bits per heavy atom. The fourth-order valence-electron chi connectivity index (χ4n) is 2.28. The van der Waals surface area contributed by atoms with Crippen molar-refractivity contribution >= 4 is 23.3 Å². The normalized spacial score (nSPS) is 11.9. The lowest BCUT2D eigenvalue weighted by atomic mass is 10.1. The summed E-state index contributed by atoms with van der Waals surface area (Å²) in [5.41, 5.74) is 2.49. The van der Waals surface area contributed by atoms with Gasteiger partial charge in [-0.3, -0.25) is 4.79 Å². The van der Waals surface area contributed by atoms with Crippen LogP contribution in [-0.4, -0.2) is 35.8 Å². The number of aliphatic hydroxyl groups excluding tert-OH is 1. The second kappa shape index (κ2) is 9.27. The number of hydrogen-bond acceptors (Lipinski definition) is 4. The molecule has 0 spiro atoms. The highest BCUT2D eigenvalue weighted by Crippen LogP contribution is 2.17. The number of rotatable bonds is 9. The van der Waals surface area contributed by atoms with E-state index in [1.807, 2.05) is 24.3 Å². The Labute approximate surface area is 146 Å². The van der Waals surface area contributed by atoms with Gasteiger partial charge >= 0.3 is 5.97 Å². The van der Waals surface area contributed by atoms with E-state index < -0.39 is 12.1 Å².